The van der Waals surface area contributed by atoms with E-state index in [2.05, 4.69) is 4.98 Å². The van der Waals surface area contributed by atoms with Crippen LogP contribution in [0.4, 0.5) is 0 Å². The minimum Gasteiger partial charge on any atom is -0.459 e. The summed E-state index contributed by atoms with van der Waals surface area (Å²) >= 11 is 0. The van der Waals surface area contributed by atoms with Crippen molar-refractivity contribution in [1.82, 2.24) is 4.98 Å². The van der Waals surface area contributed by atoms with Gasteiger partial charge in [-0.2, -0.15) is 0 Å². The number of pyridine rings is 1. The van der Waals surface area contributed by atoms with E-state index in [1.807, 2.05) is 54.6 Å². The first kappa shape index (κ1) is 16.8. The number of aromatic nitrogens is 1. The summed E-state index contributed by atoms with van der Waals surface area (Å²) in [5.74, 6) is -1.35. The average Bonchev–Trinajstić information content (AvgIpc) is 2.65. The van der Waals surface area contributed by atoms with Gasteiger partial charge >= 0.3 is 5.97 Å². The summed E-state index contributed by atoms with van der Waals surface area (Å²) in [6, 6.07) is 18.4. The lowest BCUT2D eigenvalue weighted by Crippen LogP contribution is -2.53. The summed E-state index contributed by atoms with van der Waals surface area (Å²) in [6.45, 7) is 1.41. The molecule has 1 aromatic heterocycles. The quantitative estimate of drug-likeness (QED) is 0.441. The van der Waals surface area contributed by atoms with Crippen LogP contribution in [0.15, 0.2) is 66.9 Å². The molecule has 0 saturated heterocycles. The van der Waals surface area contributed by atoms with E-state index < -0.39 is 17.3 Å². The Kier molecular flexibility index (Phi) is 4.59. The summed E-state index contributed by atoms with van der Waals surface area (Å²) in [5, 5.41) is 1.76. The molecule has 0 spiro atoms. The van der Waals surface area contributed by atoms with E-state index in [1.165, 1.54) is 6.92 Å². The molecule has 0 bridgehead atoms. The van der Waals surface area contributed by atoms with E-state index in [-0.39, 0.29) is 12.3 Å². The SMILES string of the molecule is C[C@](N)(C(=O)OCc1ccccc1)C(=O)c1cc2ccccc2cn1. The van der Waals surface area contributed by atoms with Gasteiger partial charge in [0.15, 0.2) is 5.54 Å². The van der Waals surface area contributed by atoms with Crippen molar-refractivity contribution < 1.29 is 14.3 Å². The van der Waals surface area contributed by atoms with Crippen molar-refractivity contribution in [3.8, 4) is 0 Å². The lowest BCUT2D eigenvalue weighted by molar-refractivity contribution is -0.148. The van der Waals surface area contributed by atoms with Crippen LogP contribution in [0.2, 0.25) is 0 Å². The minimum atomic E-state index is -1.80. The fourth-order valence-corrected chi connectivity index (χ4v) is 2.44. The fraction of sp³-hybridized carbons (Fsp3) is 0.150. The summed E-state index contributed by atoms with van der Waals surface area (Å²) in [4.78, 5) is 29.1. The molecule has 25 heavy (non-hydrogen) atoms. The standard InChI is InChI=1S/C20H18N2O3/c1-20(21,19(24)25-13-14-7-3-2-4-8-14)18(23)17-11-15-9-5-6-10-16(15)12-22-17/h2-12H,13,21H2,1H3/t20-/m1/s1. The molecule has 5 heteroatoms. The van der Waals surface area contributed by atoms with E-state index in [9.17, 15) is 9.59 Å². The highest BCUT2D eigenvalue weighted by molar-refractivity contribution is 6.15. The molecule has 0 radical (unpaired) electrons. The van der Waals surface area contributed by atoms with Gasteiger partial charge in [0, 0.05) is 11.6 Å². The first-order valence-electron chi connectivity index (χ1n) is 7.88. The van der Waals surface area contributed by atoms with E-state index >= 15 is 0 Å². The Morgan fingerprint density at radius 1 is 1.04 bits per heavy atom. The Labute approximate surface area is 145 Å². The number of esters is 1. The lowest BCUT2D eigenvalue weighted by Gasteiger charge is -2.21. The van der Waals surface area contributed by atoms with Gasteiger partial charge in [-0.1, -0.05) is 54.6 Å². The van der Waals surface area contributed by atoms with Gasteiger partial charge in [-0.15, -0.1) is 0 Å². The third kappa shape index (κ3) is 3.56. The first-order valence-corrected chi connectivity index (χ1v) is 7.88. The summed E-state index contributed by atoms with van der Waals surface area (Å²) < 4.78 is 5.21. The second-order valence-corrected chi connectivity index (χ2v) is 6.01. The Bertz CT molecular complexity index is 920. The van der Waals surface area contributed by atoms with Gasteiger partial charge < -0.3 is 10.5 Å². The van der Waals surface area contributed by atoms with Crippen LogP contribution in [0.1, 0.15) is 23.0 Å². The molecule has 0 amide bonds. The maximum Gasteiger partial charge on any atom is 0.334 e. The van der Waals surface area contributed by atoms with Gasteiger partial charge in [0.05, 0.1) is 0 Å². The van der Waals surface area contributed by atoms with Gasteiger partial charge in [-0.05, 0) is 23.9 Å². The molecule has 0 aliphatic carbocycles. The Morgan fingerprint density at radius 3 is 2.40 bits per heavy atom. The van der Waals surface area contributed by atoms with Crippen LogP contribution in [0.5, 0.6) is 0 Å². The normalized spacial score (nSPS) is 13.2. The van der Waals surface area contributed by atoms with Crippen molar-refractivity contribution in [3.63, 3.8) is 0 Å². The number of ketones is 1. The smallest absolute Gasteiger partial charge is 0.334 e. The number of hydrogen-bond donors (Lipinski definition) is 1. The largest absolute Gasteiger partial charge is 0.459 e. The molecule has 1 atom stereocenters. The number of rotatable bonds is 5. The van der Waals surface area contributed by atoms with Crippen LogP contribution in [-0.4, -0.2) is 22.3 Å². The molecule has 0 aliphatic heterocycles. The molecular weight excluding hydrogens is 316 g/mol. The van der Waals surface area contributed by atoms with Crippen LogP contribution < -0.4 is 5.73 Å². The predicted molar refractivity (Wildman–Crippen MR) is 94.9 cm³/mol. The first-order chi connectivity index (χ1) is 12.0. The molecule has 0 aliphatic rings. The maximum absolute atomic E-state index is 12.7. The van der Waals surface area contributed by atoms with Crippen LogP contribution in [-0.2, 0) is 16.1 Å². The minimum absolute atomic E-state index is 0.0604. The number of benzene rings is 2. The van der Waals surface area contributed by atoms with Crippen molar-refractivity contribution in [1.29, 1.82) is 0 Å². The average molecular weight is 334 g/mol. The zero-order chi connectivity index (χ0) is 17.9. The number of Topliss-reactive ketones (excluding diaryl/α,β-unsaturated/α-hetero) is 1. The van der Waals surface area contributed by atoms with Crippen molar-refractivity contribution in [2.24, 2.45) is 5.73 Å². The maximum atomic E-state index is 12.7. The monoisotopic (exact) mass is 334 g/mol. The zero-order valence-corrected chi connectivity index (χ0v) is 13.8. The molecule has 2 N–H and O–H groups in total. The number of nitrogens with zero attached hydrogens (tertiary/aromatic N) is 1. The number of carbonyl (C=O) groups is 2. The summed E-state index contributed by atoms with van der Waals surface area (Å²) in [6.07, 6.45) is 1.59. The molecule has 3 rings (SSSR count). The third-order valence-electron chi connectivity index (χ3n) is 3.97. The van der Waals surface area contributed by atoms with Gasteiger partial charge in [0.25, 0.3) is 0 Å². The highest BCUT2D eigenvalue weighted by Crippen LogP contribution is 2.18. The van der Waals surface area contributed by atoms with Crippen molar-refractivity contribution in [2.45, 2.75) is 19.1 Å². The van der Waals surface area contributed by atoms with Crippen LogP contribution >= 0.6 is 0 Å². The molecule has 5 nitrogen and oxygen atoms in total. The number of hydrogen-bond acceptors (Lipinski definition) is 5. The van der Waals surface area contributed by atoms with Crippen LogP contribution in [0, 0.1) is 0 Å². The number of carbonyl (C=O) groups excluding carboxylic acids is 2. The van der Waals surface area contributed by atoms with E-state index in [4.69, 9.17) is 10.5 Å². The second-order valence-electron chi connectivity index (χ2n) is 6.01. The van der Waals surface area contributed by atoms with Gasteiger partial charge in [0.2, 0.25) is 5.78 Å². The molecule has 2 aromatic carbocycles. The number of nitrogens with two attached hydrogens (primary N) is 1. The van der Waals surface area contributed by atoms with Gasteiger partial charge in [-0.25, -0.2) is 4.79 Å². The molecular formula is C20H18N2O3. The van der Waals surface area contributed by atoms with E-state index in [0.717, 1.165) is 16.3 Å². The summed E-state index contributed by atoms with van der Waals surface area (Å²) in [7, 11) is 0. The Hall–Kier alpha value is -3.05. The van der Waals surface area contributed by atoms with Gasteiger partial charge in [-0.3, -0.25) is 9.78 Å². The molecule has 0 fully saturated rings. The van der Waals surface area contributed by atoms with Crippen molar-refractivity contribution >= 4 is 22.5 Å². The summed E-state index contributed by atoms with van der Waals surface area (Å²) in [5.41, 5.74) is 5.14. The van der Waals surface area contributed by atoms with E-state index in [0.29, 0.717) is 0 Å². The van der Waals surface area contributed by atoms with Crippen LogP contribution in [0.25, 0.3) is 10.8 Å². The molecule has 3 aromatic rings. The zero-order valence-electron chi connectivity index (χ0n) is 13.8. The fourth-order valence-electron chi connectivity index (χ4n) is 2.44. The topological polar surface area (TPSA) is 82.3 Å². The van der Waals surface area contributed by atoms with Crippen LogP contribution in [0.3, 0.4) is 0 Å². The molecule has 0 unspecified atom stereocenters. The Balaban J connectivity index is 1.77. The third-order valence-corrected chi connectivity index (χ3v) is 3.97. The van der Waals surface area contributed by atoms with E-state index in [1.54, 1.807) is 12.3 Å². The van der Waals surface area contributed by atoms with Crippen molar-refractivity contribution in [2.75, 3.05) is 0 Å². The predicted octanol–water partition coefficient (Wildman–Crippen LogP) is 2.88. The molecule has 0 saturated carbocycles. The van der Waals surface area contributed by atoms with Gasteiger partial charge in [0.1, 0.15) is 12.3 Å². The molecule has 1 heterocycles. The highest BCUT2D eigenvalue weighted by atomic mass is 16.5. The number of ether oxygens (including phenoxy) is 1. The second kappa shape index (κ2) is 6.83. The molecule has 126 valence electrons. The Morgan fingerprint density at radius 2 is 1.68 bits per heavy atom. The van der Waals surface area contributed by atoms with Crippen molar-refractivity contribution in [3.05, 3.63) is 78.1 Å². The highest BCUT2D eigenvalue weighted by Gasteiger charge is 2.40. The number of fused-ring (bicyclic) bond motifs is 1. The lowest BCUT2D eigenvalue weighted by atomic mass is 9.94.